The number of unbranched alkanes of at least 4 members (excludes halogenated alkanes) is 2. The summed E-state index contributed by atoms with van der Waals surface area (Å²) in [6.07, 6.45) is 6.72. The number of carbonyl (C=O) groups is 1. The molecule has 0 atom stereocenters. The van der Waals surface area contributed by atoms with Crippen molar-refractivity contribution in [3.8, 4) is 0 Å². The molecule has 170 valence electrons. The van der Waals surface area contributed by atoms with Gasteiger partial charge in [-0.3, -0.25) is 4.79 Å². The average Bonchev–Trinajstić information content (AvgIpc) is 3.25. The molecule has 0 unspecified atom stereocenters. The highest BCUT2D eigenvalue weighted by Crippen LogP contribution is 2.19. The fourth-order valence-corrected chi connectivity index (χ4v) is 3.98. The summed E-state index contributed by atoms with van der Waals surface area (Å²) in [5.41, 5.74) is 4.11. The molecule has 0 radical (unpaired) electrons. The Kier molecular flexibility index (Phi) is 9.39. The van der Waals surface area contributed by atoms with E-state index in [-0.39, 0.29) is 5.91 Å². The summed E-state index contributed by atoms with van der Waals surface area (Å²) in [5, 5.41) is 0.749. The Morgan fingerprint density at radius 3 is 2.53 bits per heavy atom. The van der Waals surface area contributed by atoms with Crippen molar-refractivity contribution in [1.29, 1.82) is 0 Å². The molecule has 0 spiro atoms. The molecule has 0 bridgehead atoms. The summed E-state index contributed by atoms with van der Waals surface area (Å²) in [7, 11) is 1.66. The molecule has 0 saturated heterocycles. The second kappa shape index (κ2) is 12.5. The maximum atomic E-state index is 13.3. The van der Waals surface area contributed by atoms with Gasteiger partial charge in [-0.25, -0.2) is 0 Å². The summed E-state index contributed by atoms with van der Waals surface area (Å²) in [6, 6.07) is 20.0. The fraction of sp³-hybridized carbons (Fsp3) is 0.370. The topological polar surface area (TPSA) is 34.5 Å². The standard InChI is InChI=1S/C27H33ClN2O2/c1-3-4-5-9-22-13-15-23(16-14-22)27(31)30(18-19-32-2)21-25-11-8-17-29(25)20-24-10-6-7-12-26(24)28/h6-8,10-17H,3-5,9,18-21H2,1-2H3. The number of hydrogen-bond acceptors (Lipinski definition) is 2. The summed E-state index contributed by atoms with van der Waals surface area (Å²) >= 11 is 6.36. The Bertz CT molecular complexity index is 981. The van der Waals surface area contributed by atoms with Gasteiger partial charge in [0.1, 0.15) is 0 Å². The Morgan fingerprint density at radius 2 is 1.81 bits per heavy atom. The first-order valence-electron chi connectivity index (χ1n) is 11.4. The number of hydrogen-bond donors (Lipinski definition) is 0. The minimum atomic E-state index is 0.0210. The van der Waals surface area contributed by atoms with Crippen molar-refractivity contribution in [2.24, 2.45) is 0 Å². The molecule has 0 aliphatic carbocycles. The summed E-state index contributed by atoms with van der Waals surface area (Å²) in [5.74, 6) is 0.0210. The predicted octanol–water partition coefficient (Wildman–Crippen LogP) is 6.21. The van der Waals surface area contributed by atoms with Crippen molar-refractivity contribution in [2.45, 2.75) is 45.7 Å². The molecule has 32 heavy (non-hydrogen) atoms. The highest BCUT2D eigenvalue weighted by molar-refractivity contribution is 6.31. The van der Waals surface area contributed by atoms with E-state index in [9.17, 15) is 4.79 Å². The first-order chi connectivity index (χ1) is 15.6. The van der Waals surface area contributed by atoms with Gasteiger partial charge < -0.3 is 14.2 Å². The van der Waals surface area contributed by atoms with Gasteiger partial charge in [0, 0.05) is 42.7 Å². The maximum Gasteiger partial charge on any atom is 0.254 e. The van der Waals surface area contributed by atoms with E-state index in [2.05, 4.69) is 29.7 Å². The number of nitrogens with zero attached hydrogens (tertiary/aromatic N) is 2. The number of carbonyl (C=O) groups excluding carboxylic acids is 1. The van der Waals surface area contributed by atoms with Crippen molar-refractivity contribution in [1.82, 2.24) is 9.47 Å². The minimum Gasteiger partial charge on any atom is -0.383 e. The molecule has 3 aromatic rings. The van der Waals surface area contributed by atoms with Crippen LogP contribution in [0.5, 0.6) is 0 Å². The Hall–Kier alpha value is -2.56. The van der Waals surface area contributed by atoms with Gasteiger partial charge in [-0.15, -0.1) is 0 Å². The molecule has 5 heteroatoms. The number of aromatic nitrogens is 1. The molecule has 1 aromatic heterocycles. The first-order valence-corrected chi connectivity index (χ1v) is 11.7. The smallest absolute Gasteiger partial charge is 0.254 e. The zero-order valence-corrected chi connectivity index (χ0v) is 19.9. The van der Waals surface area contributed by atoms with Crippen molar-refractivity contribution in [3.05, 3.63) is 94.3 Å². The number of aryl methyl sites for hydroxylation is 1. The van der Waals surface area contributed by atoms with Crippen LogP contribution in [0, 0.1) is 0 Å². The van der Waals surface area contributed by atoms with Crippen LogP contribution in [-0.4, -0.2) is 35.6 Å². The quantitative estimate of drug-likeness (QED) is 0.306. The highest BCUT2D eigenvalue weighted by atomic mass is 35.5. The van der Waals surface area contributed by atoms with Gasteiger partial charge in [-0.05, 0) is 54.3 Å². The van der Waals surface area contributed by atoms with E-state index >= 15 is 0 Å². The van der Waals surface area contributed by atoms with Gasteiger partial charge in [-0.2, -0.15) is 0 Å². The first kappa shape index (κ1) is 24.1. The third-order valence-corrected chi connectivity index (χ3v) is 6.07. The largest absolute Gasteiger partial charge is 0.383 e. The second-order valence-electron chi connectivity index (χ2n) is 8.09. The molecule has 4 nitrogen and oxygen atoms in total. The van der Waals surface area contributed by atoms with Gasteiger partial charge in [0.05, 0.1) is 13.2 Å². The lowest BCUT2D eigenvalue weighted by Gasteiger charge is -2.24. The number of benzene rings is 2. The second-order valence-corrected chi connectivity index (χ2v) is 8.50. The summed E-state index contributed by atoms with van der Waals surface area (Å²) in [4.78, 5) is 15.2. The van der Waals surface area contributed by atoms with Crippen LogP contribution in [0.2, 0.25) is 5.02 Å². The Labute approximate surface area is 196 Å². The Morgan fingerprint density at radius 1 is 1.03 bits per heavy atom. The molecule has 1 amide bonds. The fourth-order valence-electron chi connectivity index (χ4n) is 3.78. The van der Waals surface area contributed by atoms with Crippen molar-refractivity contribution >= 4 is 17.5 Å². The lowest BCUT2D eigenvalue weighted by molar-refractivity contribution is 0.0676. The van der Waals surface area contributed by atoms with Crippen molar-refractivity contribution < 1.29 is 9.53 Å². The molecule has 3 rings (SSSR count). The maximum absolute atomic E-state index is 13.3. The molecule has 0 N–H and O–H groups in total. The van der Waals surface area contributed by atoms with E-state index in [4.69, 9.17) is 16.3 Å². The number of rotatable bonds is 12. The van der Waals surface area contributed by atoms with E-state index in [1.165, 1.54) is 24.8 Å². The van der Waals surface area contributed by atoms with Crippen LogP contribution in [0.15, 0.2) is 66.9 Å². The van der Waals surface area contributed by atoms with Crippen LogP contribution in [0.4, 0.5) is 0 Å². The third-order valence-electron chi connectivity index (χ3n) is 5.70. The average molecular weight is 453 g/mol. The number of halogens is 1. The normalized spacial score (nSPS) is 11.0. The summed E-state index contributed by atoms with van der Waals surface area (Å²) < 4.78 is 7.42. The lowest BCUT2D eigenvalue weighted by atomic mass is 10.0. The minimum absolute atomic E-state index is 0.0210. The number of ether oxygens (including phenoxy) is 1. The lowest BCUT2D eigenvalue weighted by Crippen LogP contribution is -2.34. The zero-order valence-electron chi connectivity index (χ0n) is 19.1. The molecule has 0 aliphatic heterocycles. The van der Waals surface area contributed by atoms with Gasteiger partial charge in [0.2, 0.25) is 0 Å². The molecule has 0 fully saturated rings. The van der Waals surface area contributed by atoms with Gasteiger partial charge >= 0.3 is 0 Å². The number of methoxy groups -OCH3 is 1. The molecule has 0 saturated carbocycles. The van der Waals surface area contributed by atoms with Crippen LogP contribution in [0.1, 0.15) is 53.4 Å². The molecule has 0 aliphatic rings. The van der Waals surface area contributed by atoms with Crippen LogP contribution < -0.4 is 0 Å². The van der Waals surface area contributed by atoms with Crippen LogP contribution in [-0.2, 0) is 24.2 Å². The monoisotopic (exact) mass is 452 g/mol. The van der Waals surface area contributed by atoms with Gasteiger partial charge in [-0.1, -0.05) is 61.7 Å². The predicted molar refractivity (Wildman–Crippen MR) is 131 cm³/mol. The van der Waals surface area contributed by atoms with Crippen LogP contribution in [0.3, 0.4) is 0 Å². The van der Waals surface area contributed by atoms with E-state index < -0.39 is 0 Å². The van der Waals surface area contributed by atoms with E-state index in [1.54, 1.807) is 7.11 Å². The SMILES string of the molecule is CCCCCc1ccc(C(=O)N(CCOC)Cc2cccn2Cc2ccccc2Cl)cc1. The van der Waals surface area contributed by atoms with E-state index in [1.807, 2.05) is 53.6 Å². The van der Waals surface area contributed by atoms with Crippen LogP contribution >= 0.6 is 11.6 Å². The van der Waals surface area contributed by atoms with Crippen molar-refractivity contribution in [2.75, 3.05) is 20.3 Å². The molecular weight excluding hydrogens is 420 g/mol. The molecular formula is C27H33ClN2O2. The zero-order chi connectivity index (χ0) is 22.8. The van der Waals surface area contributed by atoms with Crippen molar-refractivity contribution in [3.63, 3.8) is 0 Å². The van der Waals surface area contributed by atoms with E-state index in [0.717, 1.165) is 22.7 Å². The summed E-state index contributed by atoms with van der Waals surface area (Å²) in [6.45, 7) is 4.41. The highest BCUT2D eigenvalue weighted by Gasteiger charge is 2.18. The third kappa shape index (κ3) is 6.72. The Balaban J connectivity index is 1.72. The molecule has 1 heterocycles. The van der Waals surface area contributed by atoms with E-state index in [0.29, 0.717) is 31.8 Å². The van der Waals surface area contributed by atoms with Crippen LogP contribution in [0.25, 0.3) is 0 Å². The van der Waals surface area contributed by atoms with Gasteiger partial charge in [0.25, 0.3) is 5.91 Å². The van der Waals surface area contributed by atoms with Gasteiger partial charge in [0.15, 0.2) is 0 Å². The number of amides is 1. The molecule has 2 aromatic carbocycles.